The number of halogens is 2. The number of methoxy groups -OCH3 is 1. The number of benzene rings is 2. The minimum Gasteiger partial charge on any atom is -0.497 e. The summed E-state index contributed by atoms with van der Waals surface area (Å²) in [7, 11) is 5.55. The minimum atomic E-state index is -0.253. The normalized spacial score (nSPS) is 12.1. The number of rotatable bonds is 6. The van der Waals surface area contributed by atoms with Crippen LogP contribution >= 0.6 is 23.2 Å². The maximum Gasteiger partial charge on any atom is 0.252 e. The zero-order valence-electron chi connectivity index (χ0n) is 13.8. The minimum absolute atomic E-state index is 0.00186. The van der Waals surface area contributed by atoms with Gasteiger partial charge in [-0.1, -0.05) is 35.3 Å². The highest BCUT2D eigenvalue weighted by molar-refractivity contribution is 6.35. The molecule has 0 aliphatic rings. The van der Waals surface area contributed by atoms with Crippen LogP contribution in [0.15, 0.2) is 42.5 Å². The molecule has 2 aromatic carbocycles. The summed E-state index contributed by atoms with van der Waals surface area (Å²) >= 11 is 12.0. The molecule has 0 aliphatic carbocycles. The molecule has 0 unspecified atom stereocenters. The van der Waals surface area contributed by atoms with Crippen molar-refractivity contribution < 1.29 is 9.53 Å². The second-order valence-corrected chi connectivity index (χ2v) is 6.43. The molecule has 0 radical (unpaired) electrons. The van der Waals surface area contributed by atoms with Crippen molar-refractivity contribution in [2.24, 2.45) is 0 Å². The lowest BCUT2D eigenvalue weighted by atomic mass is 10.1. The number of amides is 1. The fraction of sp³-hybridized carbons (Fsp3) is 0.278. The summed E-state index contributed by atoms with van der Waals surface area (Å²) in [6, 6.07) is 12.6. The number of likely N-dealkylation sites (N-methyl/N-ethyl adjacent to an activating group) is 1. The van der Waals surface area contributed by atoms with E-state index in [2.05, 4.69) is 5.32 Å². The van der Waals surface area contributed by atoms with Crippen LogP contribution in [0.1, 0.15) is 22.0 Å². The standard InChI is InChI=1S/C18H20Cl2N2O2/c1-22(2)17(12-5-4-6-14(9-12)24-3)11-21-18(23)15-10-13(19)7-8-16(15)20/h4-10,17H,11H2,1-3H3,(H,21,23)/t17-/m0/s1. The molecule has 0 saturated carbocycles. The van der Waals surface area contributed by atoms with E-state index < -0.39 is 0 Å². The first-order chi connectivity index (χ1) is 11.4. The topological polar surface area (TPSA) is 41.6 Å². The van der Waals surface area contributed by atoms with Crippen molar-refractivity contribution in [3.63, 3.8) is 0 Å². The summed E-state index contributed by atoms with van der Waals surface area (Å²) in [4.78, 5) is 14.4. The van der Waals surface area contributed by atoms with Crippen LogP contribution < -0.4 is 10.1 Å². The second-order valence-electron chi connectivity index (χ2n) is 5.59. The molecule has 1 atom stereocenters. The molecule has 0 heterocycles. The maximum absolute atomic E-state index is 12.4. The van der Waals surface area contributed by atoms with Crippen LogP contribution in [0.25, 0.3) is 0 Å². The van der Waals surface area contributed by atoms with Gasteiger partial charge in [-0.05, 0) is 50.0 Å². The fourth-order valence-electron chi connectivity index (χ4n) is 2.40. The third kappa shape index (κ3) is 4.63. The summed E-state index contributed by atoms with van der Waals surface area (Å²) in [5.74, 6) is 0.529. The van der Waals surface area contributed by atoms with Crippen LogP contribution in [0.4, 0.5) is 0 Å². The van der Waals surface area contributed by atoms with Gasteiger partial charge in [0.25, 0.3) is 5.91 Å². The molecular formula is C18H20Cl2N2O2. The van der Waals surface area contributed by atoms with E-state index in [1.165, 1.54) is 0 Å². The first-order valence-electron chi connectivity index (χ1n) is 7.46. The van der Waals surface area contributed by atoms with Crippen molar-refractivity contribution in [1.29, 1.82) is 0 Å². The predicted molar refractivity (Wildman–Crippen MR) is 98.2 cm³/mol. The summed E-state index contributed by atoms with van der Waals surface area (Å²) in [6.45, 7) is 0.432. The Balaban J connectivity index is 2.14. The summed E-state index contributed by atoms with van der Waals surface area (Å²) in [6.07, 6.45) is 0. The van der Waals surface area contributed by atoms with E-state index in [4.69, 9.17) is 27.9 Å². The lowest BCUT2D eigenvalue weighted by Crippen LogP contribution is -2.34. The van der Waals surface area contributed by atoms with Crippen LogP contribution in [-0.2, 0) is 0 Å². The van der Waals surface area contributed by atoms with Gasteiger partial charge in [-0.15, -0.1) is 0 Å². The number of hydrogen-bond donors (Lipinski definition) is 1. The quantitative estimate of drug-likeness (QED) is 0.838. The summed E-state index contributed by atoms with van der Waals surface area (Å²) in [5, 5.41) is 3.77. The third-order valence-electron chi connectivity index (χ3n) is 3.73. The van der Waals surface area contributed by atoms with Crippen molar-refractivity contribution in [3.8, 4) is 5.75 Å². The van der Waals surface area contributed by atoms with E-state index in [-0.39, 0.29) is 11.9 Å². The highest BCUT2D eigenvalue weighted by atomic mass is 35.5. The van der Waals surface area contributed by atoms with Gasteiger partial charge in [-0.2, -0.15) is 0 Å². The van der Waals surface area contributed by atoms with E-state index >= 15 is 0 Å². The molecule has 128 valence electrons. The number of hydrogen-bond acceptors (Lipinski definition) is 3. The molecule has 0 aliphatic heterocycles. The Morgan fingerprint density at radius 1 is 1.21 bits per heavy atom. The van der Waals surface area contributed by atoms with Crippen molar-refractivity contribution in [2.75, 3.05) is 27.7 Å². The number of nitrogens with one attached hydrogen (secondary N) is 1. The number of carbonyl (C=O) groups excluding carboxylic acids is 1. The Morgan fingerprint density at radius 2 is 1.96 bits per heavy atom. The second kappa shape index (κ2) is 8.38. The van der Waals surface area contributed by atoms with Crippen LogP contribution in [-0.4, -0.2) is 38.6 Å². The van der Waals surface area contributed by atoms with Crippen LogP contribution in [0.2, 0.25) is 10.0 Å². The van der Waals surface area contributed by atoms with Gasteiger partial charge >= 0.3 is 0 Å². The van der Waals surface area contributed by atoms with E-state index in [1.54, 1.807) is 25.3 Å². The average Bonchev–Trinajstić information content (AvgIpc) is 2.57. The van der Waals surface area contributed by atoms with Crippen molar-refractivity contribution in [3.05, 3.63) is 63.6 Å². The molecule has 24 heavy (non-hydrogen) atoms. The zero-order valence-corrected chi connectivity index (χ0v) is 15.4. The molecule has 0 fully saturated rings. The van der Waals surface area contributed by atoms with E-state index in [0.717, 1.165) is 11.3 Å². The number of ether oxygens (including phenoxy) is 1. The van der Waals surface area contributed by atoms with Crippen LogP contribution in [0, 0.1) is 0 Å². The molecule has 0 saturated heterocycles. The molecule has 2 aromatic rings. The van der Waals surface area contributed by atoms with Crippen molar-refractivity contribution >= 4 is 29.1 Å². The monoisotopic (exact) mass is 366 g/mol. The number of nitrogens with zero attached hydrogens (tertiary/aromatic N) is 1. The predicted octanol–water partition coefficient (Wildman–Crippen LogP) is 4.03. The van der Waals surface area contributed by atoms with E-state index in [1.807, 2.05) is 43.3 Å². The Labute approximate surface area is 152 Å². The molecule has 1 N–H and O–H groups in total. The Kier molecular flexibility index (Phi) is 6.49. The molecule has 1 amide bonds. The smallest absolute Gasteiger partial charge is 0.252 e. The first-order valence-corrected chi connectivity index (χ1v) is 8.21. The average molecular weight is 367 g/mol. The van der Waals surface area contributed by atoms with Crippen molar-refractivity contribution in [1.82, 2.24) is 10.2 Å². The highest BCUT2D eigenvalue weighted by Crippen LogP contribution is 2.23. The summed E-state index contributed by atoms with van der Waals surface area (Å²) < 4.78 is 5.27. The van der Waals surface area contributed by atoms with Crippen molar-refractivity contribution in [2.45, 2.75) is 6.04 Å². The SMILES string of the molecule is COc1cccc([C@H](CNC(=O)c2cc(Cl)ccc2Cl)N(C)C)c1. The summed E-state index contributed by atoms with van der Waals surface area (Å²) in [5.41, 5.74) is 1.42. The van der Waals surface area contributed by atoms with E-state index in [0.29, 0.717) is 22.2 Å². The molecule has 4 nitrogen and oxygen atoms in total. The lowest BCUT2D eigenvalue weighted by molar-refractivity contribution is 0.0942. The van der Waals surface area contributed by atoms with Gasteiger partial charge in [-0.3, -0.25) is 4.79 Å². The van der Waals surface area contributed by atoms with Gasteiger partial charge in [0, 0.05) is 11.6 Å². The molecule has 6 heteroatoms. The van der Waals surface area contributed by atoms with Gasteiger partial charge in [-0.25, -0.2) is 0 Å². The van der Waals surface area contributed by atoms with Gasteiger partial charge < -0.3 is 15.0 Å². The number of carbonyl (C=O) groups is 1. The Hall–Kier alpha value is -1.75. The van der Waals surface area contributed by atoms with Crippen LogP contribution in [0.3, 0.4) is 0 Å². The van der Waals surface area contributed by atoms with Gasteiger partial charge in [0.1, 0.15) is 5.75 Å². The Morgan fingerprint density at radius 3 is 2.62 bits per heavy atom. The molecule has 0 bridgehead atoms. The molecule has 0 spiro atoms. The lowest BCUT2D eigenvalue weighted by Gasteiger charge is -2.25. The maximum atomic E-state index is 12.4. The fourth-order valence-corrected chi connectivity index (χ4v) is 2.78. The van der Waals surface area contributed by atoms with E-state index in [9.17, 15) is 4.79 Å². The van der Waals surface area contributed by atoms with Crippen LogP contribution in [0.5, 0.6) is 5.75 Å². The highest BCUT2D eigenvalue weighted by Gasteiger charge is 2.18. The third-order valence-corrected chi connectivity index (χ3v) is 4.30. The molecule has 2 rings (SSSR count). The van der Waals surface area contributed by atoms with Gasteiger partial charge in [0.15, 0.2) is 0 Å². The van der Waals surface area contributed by atoms with Gasteiger partial charge in [0.05, 0.1) is 23.7 Å². The zero-order chi connectivity index (χ0) is 17.7. The molecule has 0 aromatic heterocycles. The largest absolute Gasteiger partial charge is 0.497 e. The molecular weight excluding hydrogens is 347 g/mol. The Bertz CT molecular complexity index is 720. The first kappa shape index (κ1) is 18.6. The van der Waals surface area contributed by atoms with Gasteiger partial charge in [0.2, 0.25) is 0 Å².